The van der Waals surface area contributed by atoms with Crippen molar-refractivity contribution in [2.75, 3.05) is 0 Å². The first kappa shape index (κ1) is 29.8. The summed E-state index contributed by atoms with van der Waals surface area (Å²) in [5, 5.41) is 11.5. The van der Waals surface area contributed by atoms with E-state index in [-0.39, 0.29) is 0 Å². The Kier molecular flexibility index (Phi) is 7.38. The maximum absolute atomic E-state index is 9.37. The number of nitrogens with zero attached hydrogens (tertiary/aromatic N) is 6. The van der Waals surface area contributed by atoms with Gasteiger partial charge in [0.25, 0.3) is 0 Å². The third kappa shape index (κ3) is 5.67. The van der Waals surface area contributed by atoms with E-state index in [1.165, 1.54) is 0 Å². The Morgan fingerprint density at radius 1 is 0.412 bits per heavy atom. The van der Waals surface area contributed by atoms with Crippen molar-refractivity contribution in [2.45, 2.75) is 0 Å². The van der Waals surface area contributed by atoms with E-state index in [1.807, 2.05) is 121 Å². The number of rotatable bonds is 6. The molecule has 7 heteroatoms. The molecule has 6 aromatic carbocycles. The molecule has 0 unspecified atom stereocenters. The van der Waals surface area contributed by atoms with Gasteiger partial charge in [-0.05, 0) is 41.5 Å². The van der Waals surface area contributed by atoms with E-state index in [2.05, 4.69) is 30.3 Å². The van der Waals surface area contributed by atoms with Gasteiger partial charge in [0.1, 0.15) is 16.9 Å². The minimum atomic E-state index is 0.423. The van der Waals surface area contributed by atoms with Crippen molar-refractivity contribution >= 4 is 21.9 Å². The monoisotopic (exact) mass is 654 g/mol. The minimum Gasteiger partial charge on any atom is -0.456 e. The van der Waals surface area contributed by atoms with Crippen LogP contribution in [0.1, 0.15) is 5.56 Å². The molecule has 3 heterocycles. The quantitative estimate of drug-likeness (QED) is 0.176. The highest BCUT2D eigenvalue weighted by atomic mass is 16.3. The van der Waals surface area contributed by atoms with Crippen LogP contribution in [0.2, 0.25) is 0 Å². The SMILES string of the molecule is N#Cc1ccc(-c2cc(-c3nc(-c4ccccc4)nc(-c4ccc(-c5cccc6oc7ccccc7c56)cc4)n3)nc(-c3ccccc3)n2)cc1. The lowest BCUT2D eigenvalue weighted by Gasteiger charge is -2.11. The van der Waals surface area contributed by atoms with Gasteiger partial charge in [0.05, 0.1) is 17.3 Å². The molecule has 0 fully saturated rings. The number of fused-ring (bicyclic) bond motifs is 3. The first-order valence-electron chi connectivity index (χ1n) is 16.5. The Morgan fingerprint density at radius 2 is 0.941 bits per heavy atom. The Hall–Kier alpha value is -7.30. The predicted molar refractivity (Wildman–Crippen MR) is 200 cm³/mol. The van der Waals surface area contributed by atoms with E-state index in [1.54, 1.807) is 12.1 Å². The second kappa shape index (κ2) is 12.6. The number of benzene rings is 6. The third-order valence-electron chi connectivity index (χ3n) is 8.82. The molecule has 9 aromatic rings. The van der Waals surface area contributed by atoms with Gasteiger partial charge in [0, 0.05) is 33.0 Å². The van der Waals surface area contributed by atoms with Crippen LogP contribution in [-0.2, 0) is 0 Å². The summed E-state index contributed by atoms with van der Waals surface area (Å²) in [6.45, 7) is 0. The molecular formula is C44H26N6O. The Bertz CT molecular complexity index is 2730. The van der Waals surface area contributed by atoms with E-state index in [4.69, 9.17) is 29.3 Å². The maximum Gasteiger partial charge on any atom is 0.182 e. The molecule has 0 saturated heterocycles. The second-order valence-corrected chi connectivity index (χ2v) is 12.0. The van der Waals surface area contributed by atoms with Crippen LogP contribution < -0.4 is 0 Å². The van der Waals surface area contributed by atoms with Crippen LogP contribution in [0.3, 0.4) is 0 Å². The normalized spacial score (nSPS) is 11.1. The summed E-state index contributed by atoms with van der Waals surface area (Å²) in [4.78, 5) is 24.8. The fourth-order valence-electron chi connectivity index (χ4n) is 6.29. The van der Waals surface area contributed by atoms with Gasteiger partial charge in [-0.25, -0.2) is 24.9 Å². The van der Waals surface area contributed by atoms with E-state index in [0.29, 0.717) is 40.2 Å². The van der Waals surface area contributed by atoms with Crippen LogP contribution in [0.5, 0.6) is 0 Å². The molecule has 0 N–H and O–H groups in total. The molecular weight excluding hydrogens is 629 g/mol. The highest BCUT2D eigenvalue weighted by molar-refractivity contribution is 6.12. The molecule has 7 nitrogen and oxygen atoms in total. The van der Waals surface area contributed by atoms with Crippen LogP contribution >= 0.6 is 0 Å². The largest absolute Gasteiger partial charge is 0.456 e. The molecule has 0 radical (unpaired) electrons. The van der Waals surface area contributed by atoms with Gasteiger partial charge < -0.3 is 4.42 Å². The number of para-hydroxylation sites is 1. The number of hydrogen-bond acceptors (Lipinski definition) is 7. The van der Waals surface area contributed by atoms with Gasteiger partial charge in [-0.15, -0.1) is 0 Å². The van der Waals surface area contributed by atoms with Gasteiger partial charge in [0.15, 0.2) is 23.3 Å². The Labute approximate surface area is 293 Å². The predicted octanol–water partition coefficient (Wildman–Crippen LogP) is 10.4. The summed E-state index contributed by atoms with van der Waals surface area (Å²) in [5.74, 6) is 2.03. The fourth-order valence-corrected chi connectivity index (χ4v) is 6.29. The lowest BCUT2D eigenvalue weighted by atomic mass is 9.98. The summed E-state index contributed by atoms with van der Waals surface area (Å²) in [7, 11) is 0. The van der Waals surface area contributed by atoms with Crippen molar-refractivity contribution in [1.82, 2.24) is 24.9 Å². The molecule has 0 bridgehead atoms. The summed E-state index contributed by atoms with van der Waals surface area (Å²) in [5.41, 5.74) is 9.11. The van der Waals surface area contributed by atoms with Gasteiger partial charge >= 0.3 is 0 Å². The van der Waals surface area contributed by atoms with Crippen LogP contribution in [0, 0.1) is 11.3 Å². The molecule has 3 aromatic heterocycles. The summed E-state index contributed by atoms with van der Waals surface area (Å²) in [6, 6.07) is 53.7. The van der Waals surface area contributed by atoms with Gasteiger partial charge in [0.2, 0.25) is 0 Å². The molecule has 0 atom stereocenters. The van der Waals surface area contributed by atoms with Crippen molar-refractivity contribution in [3.63, 3.8) is 0 Å². The average Bonchev–Trinajstić information content (AvgIpc) is 3.60. The van der Waals surface area contributed by atoms with Crippen LogP contribution in [0.25, 0.3) is 90.0 Å². The average molecular weight is 655 g/mol. The third-order valence-corrected chi connectivity index (χ3v) is 8.82. The minimum absolute atomic E-state index is 0.423. The molecule has 0 amide bonds. The summed E-state index contributed by atoms with van der Waals surface area (Å²) < 4.78 is 6.15. The van der Waals surface area contributed by atoms with Crippen molar-refractivity contribution in [2.24, 2.45) is 0 Å². The first-order valence-corrected chi connectivity index (χ1v) is 16.5. The molecule has 238 valence electrons. The van der Waals surface area contributed by atoms with E-state index in [0.717, 1.165) is 55.3 Å². The van der Waals surface area contributed by atoms with Crippen molar-refractivity contribution in [1.29, 1.82) is 5.26 Å². The van der Waals surface area contributed by atoms with Crippen LogP contribution in [-0.4, -0.2) is 24.9 Å². The lowest BCUT2D eigenvalue weighted by Crippen LogP contribution is -2.03. The molecule has 9 rings (SSSR count). The van der Waals surface area contributed by atoms with E-state index < -0.39 is 0 Å². The zero-order valence-electron chi connectivity index (χ0n) is 27.1. The Balaban J connectivity index is 1.19. The van der Waals surface area contributed by atoms with Crippen LogP contribution in [0.4, 0.5) is 0 Å². The number of hydrogen-bond donors (Lipinski definition) is 0. The Morgan fingerprint density at radius 3 is 1.63 bits per heavy atom. The lowest BCUT2D eigenvalue weighted by molar-refractivity contribution is 0.669. The number of aromatic nitrogens is 5. The highest BCUT2D eigenvalue weighted by Crippen LogP contribution is 2.37. The van der Waals surface area contributed by atoms with Crippen molar-refractivity contribution < 1.29 is 4.42 Å². The summed E-state index contributed by atoms with van der Waals surface area (Å²) >= 11 is 0. The summed E-state index contributed by atoms with van der Waals surface area (Å²) in [6.07, 6.45) is 0. The first-order chi connectivity index (χ1) is 25.2. The highest BCUT2D eigenvalue weighted by Gasteiger charge is 2.18. The van der Waals surface area contributed by atoms with E-state index >= 15 is 0 Å². The van der Waals surface area contributed by atoms with Crippen molar-refractivity contribution in [3.8, 4) is 74.1 Å². The molecule has 51 heavy (non-hydrogen) atoms. The molecule has 0 aliphatic carbocycles. The van der Waals surface area contributed by atoms with Gasteiger partial charge in [-0.2, -0.15) is 5.26 Å². The zero-order chi connectivity index (χ0) is 34.1. The molecule has 0 aliphatic heterocycles. The molecule has 0 saturated carbocycles. The maximum atomic E-state index is 9.37. The van der Waals surface area contributed by atoms with E-state index in [9.17, 15) is 5.26 Å². The second-order valence-electron chi connectivity index (χ2n) is 12.0. The standard InChI is InChI=1S/C44H26N6O/c45-27-28-18-20-30(21-19-28)36-26-37(47-41(46-36)31-10-3-1-4-11-31)44-49-42(32-12-5-2-6-13-32)48-43(50-44)33-24-22-29(23-25-33)34-15-9-17-39-40(34)35-14-7-8-16-38(35)51-39/h1-26H. The topological polar surface area (TPSA) is 101 Å². The smallest absolute Gasteiger partial charge is 0.182 e. The molecule has 0 aliphatic rings. The van der Waals surface area contributed by atoms with Gasteiger partial charge in [-0.3, -0.25) is 0 Å². The zero-order valence-corrected chi connectivity index (χ0v) is 27.1. The fraction of sp³-hybridized carbons (Fsp3) is 0. The van der Waals surface area contributed by atoms with Crippen LogP contribution in [0.15, 0.2) is 162 Å². The number of furan rings is 1. The van der Waals surface area contributed by atoms with Gasteiger partial charge in [-0.1, -0.05) is 127 Å². The molecule has 0 spiro atoms. The van der Waals surface area contributed by atoms with Crippen molar-refractivity contribution in [3.05, 3.63) is 163 Å². The number of nitriles is 1.